The van der Waals surface area contributed by atoms with Crippen molar-refractivity contribution in [2.45, 2.75) is 24.3 Å². The van der Waals surface area contributed by atoms with Gasteiger partial charge in [-0.25, -0.2) is 18.1 Å². The molecule has 2 rings (SSSR count). The Labute approximate surface area is 115 Å². The minimum atomic E-state index is -3.50. The quantitative estimate of drug-likeness (QED) is 0.823. The number of aromatic nitrogens is 2. The van der Waals surface area contributed by atoms with Crippen LogP contribution < -0.4 is 4.72 Å². The van der Waals surface area contributed by atoms with E-state index >= 15 is 0 Å². The van der Waals surface area contributed by atoms with E-state index in [1.807, 2.05) is 0 Å². The van der Waals surface area contributed by atoms with E-state index in [0.29, 0.717) is 18.0 Å². The molecule has 19 heavy (non-hydrogen) atoms. The van der Waals surface area contributed by atoms with Gasteiger partial charge in [-0.15, -0.1) is 11.3 Å². The average molecular weight is 301 g/mol. The van der Waals surface area contributed by atoms with E-state index in [9.17, 15) is 8.42 Å². The second-order valence-corrected chi connectivity index (χ2v) is 7.16. The first-order valence-electron chi connectivity index (χ1n) is 5.68. The van der Waals surface area contributed by atoms with E-state index in [2.05, 4.69) is 9.71 Å². The maximum atomic E-state index is 12.0. The third-order valence-corrected chi connectivity index (χ3v) is 5.78. The van der Waals surface area contributed by atoms with Crippen LogP contribution in [-0.4, -0.2) is 29.6 Å². The Morgan fingerprint density at radius 3 is 2.89 bits per heavy atom. The van der Waals surface area contributed by atoms with Crippen molar-refractivity contribution in [1.82, 2.24) is 14.3 Å². The molecule has 2 aromatic rings. The van der Waals surface area contributed by atoms with Gasteiger partial charge in [0.15, 0.2) is 0 Å². The number of nitrogens with one attached hydrogen (secondary N) is 1. The van der Waals surface area contributed by atoms with Crippen LogP contribution in [0.15, 0.2) is 29.0 Å². The minimum absolute atomic E-state index is 0.138. The molecule has 0 spiro atoms. The van der Waals surface area contributed by atoms with Crippen molar-refractivity contribution in [2.24, 2.45) is 0 Å². The molecule has 2 aromatic heterocycles. The lowest BCUT2D eigenvalue weighted by atomic mass is 10.3. The van der Waals surface area contributed by atoms with E-state index in [1.165, 1.54) is 0 Å². The Morgan fingerprint density at radius 1 is 1.53 bits per heavy atom. The number of nitrogens with zero attached hydrogens (tertiary/aromatic N) is 2. The maximum Gasteiger partial charge on any atom is 0.250 e. The summed E-state index contributed by atoms with van der Waals surface area (Å²) in [5.41, 5.74) is 0.794. The monoisotopic (exact) mass is 301 g/mol. The van der Waals surface area contributed by atoms with Crippen LogP contribution in [0, 0.1) is 6.92 Å². The fraction of sp³-hybridized carbons (Fsp3) is 0.364. The second-order valence-electron chi connectivity index (χ2n) is 4.03. The number of aliphatic hydroxyl groups excluding tert-OH is 1. The zero-order chi connectivity index (χ0) is 13.9. The number of sulfonamides is 1. The molecule has 2 N–H and O–H groups in total. The summed E-state index contributed by atoms with van der Waals surface area (Å²) in [5.74, 6) is 0. The molecule has 0 aliphatic rings. The molecule has 0 radical (unpaired) electrons. The van der Waals surface area contributed by atoms with Crippen molar-refractivity contribution >= 4 is 21.4 Å². The Morgan fingerprint density at radius 2 is 2.32 bits per heavy atom. The molecule has 0 bridgehead atoms. The van der Waals surface area contributed by atoms with E-state index in [1.54, 1.807) is 36.3 Å². The standard InChI is InChI=1S/C11H15N3O3S2/c1-9-6-11(18-10(9)7-15)19(16,17)13-3-5-14-4-2-12-8-14/h2,4,6,8,13,15H,3,5,7H2,1H3. The highest BCUT2D eigenvalue weighted by molar-refractivity contribution is 7.91. The van der Waals surface area contributed by atoms with Crippen LogP contribution in [0.25, 0.3) is 0 Å². The van der Waals surface area contributed by atoms with Crippen LogP contribution >= 0.6 is 11.3 Å². The first-order valence-corrected chi connectivity index (χ1v) is 7.98. The van der Waals surface area contributed by atoms with E-state index < -0.39 is 10.0 Å². The number of hydrogen-bond acceptors (Lipinski definition) is 5. The van der Waals surface area contributed by atoms with Crippen LogP contribution in [0.2, 0.25) is 0 Å². The van der Waals surface area contributed by atoms with Gasteiger partial charge in [-0.3, -0.25) is 0 Å². The summed E-state index contributed by atoms with van der Waals surface area (Å²) in [6.07, 6.45) is 5.05. The van der Waals surface area contributed by atoms with Crippen molar-refractivity contribution < 1.29 is 13.5 Å². The fourth-order valence-electron chi connectivity index (χ4n) is 1.58. The molecule has 0 aromatic carbocycles. The molecule has 0 saturated heterocycles. The van der Waals surface area contributed by atoms with Crippen molar-refractivity contribution in [3.8, 4) is 0 Å². The Balaban J connectivity index is 2.01. The molecule has 0 saturated carbocycles. The van der Waals surface area contributed by atoms with Gasteiger partial charge < -0.3 is 9.67 Å². The third-order valence-electron chi connectivity index (χ3n) is 2.63. The zero-order valence-corrected chi connectivity index (χ0v) is 12.0. The fourth-order valence-corrected chi connectivity index (χ4v) is 4.09. The summed E-state index contributed by atoms with van der Waals surface area (Å²) in [6.45, 7) is 2.47. The Kier molecular flexibility index (Phi) is 4.35. The normalized spacial score (nSPS) is 11.9. The SMILES string of the molecule is Cc1cc(S(=O)(=O)NCCn2ccnc2)sc1CO. The topological polar surface area (TPSA) is 84.2 Å². The molecular weight excluding hydrogens is 286 g/mol. The number of imidazole rings is 1. The predicted molar refractivity (Wildman–Crippen MR) is 72.4 cm³/mol. The van der Waals surface area contributed by atoms with Crippen LogP contribution in [0.4, 0.5) is 0 Å². The summed E-state index contributed by atoms with van der Waals surface area (Å²) in [5, 5.41) is 9.08. The van der Waals surface area contributed by atoms with Crippen molar-refractivity contribution in [2.75, 3.05) is 6.54 Å². The van der Waals surface area contributed by atoms with Gasteiger partial charge in [0.25, 0.3) is 0 Å². The first kappa shape index (κ1) is 14.2. The van der Waals surface area contributed by atoms with E-state index in [0.717, 1.165) is 16.9 Å². The number of aryl methyl sites for hydroxylation is 1. The van der Waals surface area contributed by atoms with Crippen molar-refractivity contribution in [3.63, 3.8) is 0 Å². The van der Waals surface area contributed by atoms with Gasteiger partial charge in [0.1, 0.15) is 4.21 Å². The zero-order valence-electron chi connectivity index (χ0n) is 10.4. The van der Waals surface area contributed by atoms with Crippen LogP contribution in [0.5, 0.6) is 0 Å². The summed E-state index contributed by atoms with van der Waals surface area (Å²) in [6, 6.07) is 1.58. The molecule has 104 valence electrons. The number of hydrogen-bond donors (Lipinski definition) is 2. The molecule has 0 unspecified atom stereocenters. The maximum absolute atomic E-state index is 12.0. The average Bonchev–Trinajstić information content (AvgIpc) is 2.98. The Bertz CT molecular complexity index is 632. The first-order chi connectivity index (χ1) is 9.03. The van der Waals surface area contributed by atoms with Gasteiger partial charge in [0.05, 0.1) is 12.9 Å². The van der Waals surface area contributed by atoms with Crippen molar-refractivity contribution in [1.29, 1.82) is 0 Å². The lowest BCUT2D eigenvalue weighted by molar-refractivity contribution is 0.285. The van der Waals surface area contributed by atoms with Crippen LogP contribution in [0.3, 0.4) is 0 Å². The molecule has 0 aliphatic heterocycles. The third kappa shape index (κ3) is 3.41. The van der Waals surface area contributed by atoms with Gasteiger partial charge in [-0.2, -0.15) is 0 Å². The number of thiophene rings is 1. The molecule has 0 aliphatic carbocycles. The lowest BCUT2D eigenvalue weighted by Crippen LogP contribution is -2.26. The minimum Gasteiger partial charge on any atom is -0.391 e. The molecule has 2 heterocycles. The largest absolute Gasteiger partial charge is 0.391 e. The van der Waals surface area contributed by atoms with Crippen molar-refractivity contribution in [3.05, 3.63) is 35.2 Å². The summed E-state index contributed by atoms with van der Waals surface area (Å²) >= 11 is 1.09. The highest BCUT2D eigenvalue weighted by Gasteiger charge is 2.18. The van der Waals surface area contributed by atoms with E-state index in [-0.39, 0.29) is 10.8 Å². The van der Waals surface area contributed by atoms with Gasteiger partial charge in [-0.05, 0) is 18.6 Å². The Hall–Kier alpha value is -1.22. The smallest absolute Gasteiger partial charge is 0.250 e. The van der Waals surface area contributed by atoms with Gasteiger partial charge >= 0.3 is 0 Å². The molecule has 0 fully saturated rings. The molecular formula is C11H15N3O3S2. The summed E-state index contributed by atoms with van der Waals surface area (Å²) in [7, 11) is -3.50. The van der Waals surface area contributed by atoms with Gasteiger partial charge in [0.2, 0.25) is 10.0 Å². The highest BCUT2D eigenvalue weighted by atomic mass is 32.2. The molecule has 8 heteroatoms. The highest BCUT2D eigenvalue weighted by Crippen LogP contribution is 2.25. The van der Waals surface area contributed by atoms with E-state index in [4.69, 9.17) is 5.11 Å². The lowest BCUT2D eigenvalue weighted by Gasteiger charge is -2.05. The van der Waals surface area contributed by atoms with Gasteiger partial charge in [0, 0.05) is 30.4 Å². The summed E-state index contributed by atoms with van der Waals surface area (Å²) in [4.78, 5) is 4.56. The number of aliphatic hydroxyl groups is 1. The predicted octanol–water partition coefficient (Wildman–Crippen LogP) is 0.724. The summed E-state index contributed by atoms with van der Waals surface area (Å²) < 4.78 is 28.6. The molecule has 0 atom stereocenters. The van der Waals surface area contributed by atoms with Gasteiger partial charge in [-0.1, -0.05) is 0 Å². The number of rotatable bonds is 6. The van der Waals surface area contributed by atoms with Crippen LogP contribution in [0.1, 0.15) is 10.4 Å². The second kappa shape index (κ2) is 5.83. The molecule has 0 amide bonds. The van der Waals surface area contributed by atoms with Crippen LogP contribution in [-0.2, 0) is 23.2 Å². The molecule has 6 nitrogen and oxygen atoms in total.